The highest BCUT2D eigenvalue weighted by Gasteiger charge is 2.27. The summed E-state index contributed by atoms with van der Waals surface area (Å²) in [6.07, 6.45) is -1.05. The highest BCUT2D eigenvalue weighted by molar-refractivity contribution is 6.04. The van der Waals surface area contributed by atoms with Gasteiger partial charge in [0, 0.05) is 5.69 Å². The molecule has 0 unspecified atom stereocenters. The van der Waals surface area contributed by atoms with Gasteiger partial charge in [0.15, 0.2) is 6.10 Å². The lowest BCUT2D eigenvalue weighted by Crippen LogP contribution is -2.25. The number of nitrogens with zero attached hydrogens (tertiary/aromatic N) is 2. The molecule has 30 heavy (non-hydrogen) atoms. The Morgan fingerprint density at radius 3 is 2.23 bits per heavy atom. The van der Waals surface area contributed by atoms with E-state index in [1.54, 1.807) is 32.0 Å². The van der Waals surface area contributed by atoms with Crippen LogP contribution in [0, 0.1) is 27.7 Å². The minimum absolute atomic E-state index is 0.212. The maximum absolute atomic E-state index is 12.8. The molecule has 0 aliphatic rings. The molecule has 3 rings (SSSR count). The average molecular weight is 409 g/mol. The number of ketones is 1. The van der Waals surface area contributed by atoms with Crippen LogP contribution in [0.4, 0.5) is 0 Å². The number of aryl methyl sites for hydroxylation is 3. The Bertz CT molecular complexity index is 1180. The maximum atomic E-state index is 12.8. The molecule has 156 valence electrons. The van der Waals surface area contributed by atoms with Crippen molar-refractivity contribution in [3.63, 3.8) is 0 Å². The van der Waals surface area contributed by atoms with Crippen molar-refractivity contribution in [3.8, 4) is 0 Å². The van der Waals surface area contributed by atoms with Crippen LogP contribution in [0.15, 0.2) is 18.2 Å². The van der Waals surface area contributed by atoms with Crippen LogP contribution in [-0.4, -0.2) is 45.9 Å². The van der Waals surface area contributed by atoms with Gasteiger partial charge in [-0.15, -0.1) is 0 Å². The van der Waals surface area contributed by atoms with Crippen molar-refractivity contribution in [2.75, 3.05) is 7.11 Å². The van der Waals surface area contributed by atoms with E-state index in [-0.39, 0.29) is 11.3 Å². The Morgan fingerprint density at radius 2 is 1.60 bits per heavy atom. The van der Waals surface area contributed by atoms with Crippen LogP contribution in [0.3, 0.4) is 0 Å². The molecule has 1 N–H and O–H groups in total. The molecule has 0 saturated heterocycles. The first kappa shape index (κ1) is 21.2. The van der Waals surface area contributed by atoms with Crippen LogP contribution in [0.1, 0.15) is 60.8 Å². The minimum atomic E-state index is -1.05. The van der Waals surface area contributed by atoms with Gasteiger partial charge in [-0.05, 0) is 58.4 Å². The Labute approximate surface area is 173 Å². The van der Waals surface area contributed by atoms with Crippen molar-refractivity contribution < 1.29 is 23.9 Å². The van der Waals surface area contributed by atoms with Crippen molar-refractivity contribution in [3.05, 3.63) is 57.7 Å². The smallest absolute Gasteiger partial charge is 0.339 e. The summed E-state index contributed by atoms with van der Waals surface area (Å²) in [5, 5.41) is 0. The molecule has 2 heterocycles. The first-order valence-electron chi connectivity index (χ1n) is 9.41. The van der Waals surface area contributed by atoms with Gasteiger partial charge in [-0.2, -0.15) is 0 Å². The number of aromatic nitrogens is 3. The van der Waals surface area contributed by atoms with Crippen molar-refractivity contribution in [2.45, 2.75) is 40.7 Å². The summed E-state index contributed by atoms with van der Waals surface area (Å²) in [7, 11) is 1.27. The molecule has 0 saturated carbocycles. The number of benzene rings is 1. The molecule has 8 heteroatoms. The molecule has 0 aliphatic heterocycles. The van der Waals surface area contributed by atoms with Gasteiger partial charge >= 0.3 is 11.9 Å². The van der Waals surface area contributed by atoms with E-state index in [0.717, 1.165) is 11.4 Å². The summed E-state index contributed by atoms with van der Waals surface area (Å²) in [4.78, 5) is 49.1. The number of aromatic amines is 1. The van der Waals surface area contributed by atoms with Gasteiger partial charge in [-0.25, -0.2) is 19.6 Å². The van der Waals surface area contributed by atoms with E-state index < -0.39 is 23.8 Å². The second kappa shape index (κ2) is 8.06. The number of hydrogen-bond acceptors (Lipinski definition) is 7. The lowest BCUT2D eigenvalue weighted by atomic mass is 10.1. The van der Waals surface area contributed by atoms with Gasteiger partial charge in [-0.3, -0.25) is 4.79 Å². The van der Waals surface area contributed by atoms with Crippen molar-refractivity contribution in [1.29, 1.82) is 0 Å². The standard InChI is InChI=1S/C22H23N3O5/c1-10-18(22(28)29-6)13(4)25-19(10)20(26)14(5)30-21(27)15-7-8-16-17(9-15)24-12(3)11(2)23-16/h7-9,14,25H,1-6H3/t14-/m0/s1. The van der Waals surface area contributed by atoms with Gasteiger partial charge in [-0.1, -0.05) is 0 Å². The predicted molar refractivity (Wildman–Crippen MR) is 110 cm³/mol. The van der Waals surface area contributed by atoms with E-state index in [1.165, 1.54) is 14.0 Å². The third-order valence-corrected chi connectivity index (χ3v) is 5.04. The van der Waals surface area contributed by atoms with E-state index in [1.807, 2.05) is 13.8 Å². The molecule has 1 atom stereocenters. The number of ether oxygens (including phenoxy) is 2. The largest absolute Gasteiger partial charge is 0.465 e. The van der Waals surface area contributed by atoms with Gasteiger partial charge in [0.2, 0.25) is 5.78 Å². The Morgan fingerprint density at radius 1 is 0.967 bits per heavy atom. The van der Waals surface area contributed by atoms with Crippen LogP contribution in [0.25, 0.3) is 11.0 Å². The summed E-state index contributed by atoms with van der Waals surface area (Å²) >= 11 is 0. The molecule has 0 bridgehead atoms. The Kier molecular flexibility index (Phi) is 5.69. The highest BCUT2D eigenvalue weighted by Crippen LogP contribution is 2.21. The summed E-state index contributed by atoms with van der Waals surface area (Å²) in [6, 6.07) is 4.87. The Balaban J connectivity index is 1.82. The van der Waals surface area contributed by atoms with Crippen LogP contribution >= 0.6 is 0 Å². The summed E-state index contributed by atoms with van der Waals surface area (Å²) in [6.45, 7) is 8.52. The highest BCUT2D eigenvalue weighted by atomic mass is 16.5. The SMILES string of the molecule is COC(=O)c1c(C)[nH]c(C(=O)[C@H](C)OC(=O)c2ccc3nc(C)c(C)nc3c2)c1C. The molecular weight excluding hydrogens is 386 g/mol. The molecule has 0 aliphatic carbocycles. The number of fused-ring (bicyclic) bond motifs is 1. The third kappa shape index (κ3) is 3.80. The quantitative estimate of drug-likeness (QED) is 0.508. The number of carbonyl (C=O) groups excluding carboxylic acids is 3. The number of methoxy groups -OCH3 is 1. The van der Waals surface area contributed by atoms with Crippen LogP contribution in [0.5, 0.6) is 0 Å². The fraction of sp³-hybridized carbons (Fsp3) is 0.318. The predicted octanol–water partition coefficient (Wildman–Crippen LogP) is 3.41. The number of H-pyrrole nitrogens is 1. The van der Waals surface area contributed by atoms with Crippen molar-refractivity contribution in [2.24, 2.45) is 0 Å². The molecule has 0 amide bonds. The number of nitrogens with one attached hydrogen (secondary N) is 1. The summed E-state index contributed by atoms with van der Waals surface area (Å²) in [5.41, 5.74) is 4.60. The minimum Gasteiger partial charge on any atom is -0.465 e. The second-order valence-electron chi connectivity index (χ2n) is 7.13. The van der Waals surface area contributed by atoms with E-state index >= 15 is 0 Å². The van der Waals surface area contributed by atoms with Crippen LogP contribution < -0.4 is 0 Å². The first-order chi connectivity index (χ1) is 14.1. The fourth-order valence-corrected chi connectivity index (χ4v) is 3.25. The summed E-state index contributed by atoms with van der Waals surface area (Å²) < 4.78 is 10.1. The van der Waals surface area contributed by atoms with Crippen LogP contribution in [-0.2, 0) is 9.47 Å². The van der Waals surface area contributed by atoms with Gasteiger partial charge in [0.05, 0.1) is 46.4 Å². The zero-order chi connectivity index (χ0) is 22.2. The van der Waals surface area contributed by atoms with Gasteiger partial charge in [0.1, 0.15) is 0 Å². The lowest BCUT2D eigenvalue weighted by Gasteiger charge is -2.12. The van der Waals surface area contributed by atoms with E-state index in [2.05, 4.69) is 15.0 Å². The normalized spacial score (nSPS) is 11.9. The monoisotopic (exact) mass is 409 g/mol. The average Bonchev–Trinajstić information content (AvgIpc) is 3.01. The molecule has 8 nitrogen and oxygen atoms in total. The topological polar surface area (TPSA) is 111 Å². The maximum Gasteiger partial charge on any atom is 0.339 e. The number of Topliss-reactive ketones (excluding diaryl/α,β-unsaturated/α-hetero) is 1. The molecule has 2 aromatic heterocycles. The van der Waals surface area contributed by atoms with Gasteiger partial charge in [0.25, 0.3) is 0 Å². The molecule has 0 radical (unpaired) electrons. The number of carbonyl (C=O) groups is 3. The summed E-state index contributed by atoms with van der Waals surface area (Å²) in [5.74, 6) is -1.62. The molecule has 0 fully saturated rings. The number of esters is 2. The molecular formula is C22H23N3O5. The fourth-order valence-electron chi connectivity index (χ4n) is 3.25. The molecule has 0 spiro atoms. The van der Waals surface area contributed by atoms with E-state index in [0.29, 0.717) is 27.9 Å². The van der Waals surface area contributed by atoms with Crippen molar-refractivity contribution in [1.82, 2.24) is 15.0 Å². The first-order valence-corrected chi connectivity index (χ1v) is 9.41. The number of rotatable bonds is 5. The second-order valence-corrected chi connectivity index (χ2v) is 7.13. The van der Waals surface area contributed by atoms with Crippen LogP contribution in [0.2, 0.25) is 0 Å². The van der Waals surface area contributed by atoms with E-state index in [4.69, 9.17) is 9.47 Å². The number of hydrogen-bond donors (Lipinski definition) is 1. The third-order valence-electron chi connectivity index (χ3n) is 5.04. The zero-order valence-corrected chi connectivity index (χ0v) is 17.7. The Hall–Kier alpha value is -3.55. The van der Waals surface area contributed by atoms with E-state index in [9.17, 15) is 14.4 Å². The lowest BCUT2D eigenvalue weighted by molar-refractivity contribution is 0.0317. The van der Waals surface area contributed by atoms with Gasteiger partial charge < -0.3 is 14.5 Å². The zero-order valence-electron chi connectivity index (χ0n) is 17.7. The molecule has 3 aromatic rings. The van der Waals surface area contributed by atoms with Crippen molar-refractivity contribution >= 4 is 28.8 Å². The molecule has 1 aromatic carbocycles.